The zero-order chi connectivity index (χ0) is 21.6. The lowest BCUT2D eigenvalue weighted by Gasteiger charge is -2.07. The molecule has 0 spiro atoms. The Morgan fingerprint density at radius 1 is 1.17 bits per heavy atom. The van der Waals surface area contributed by atoms with Crippen LogP contribution in [-0.4, -0.2) is 35.6 Å². The average molecular weight is 444 g/mol. The molecule has 0 aliphatic heterocycles. The van der Waals surface area contributed by atoms with Crippen molar-refractivity contribution in [2.75, 3.05) is 11.3 Å². The first kappa shape index (κ1) is 21.5. The maximum absolute atomic E-state index is 12.3. The van der Waals surface area contributed by atoms with Gasteiger partial charge in [0.15, 0.2) is 4.77 Å². The Balaban J connectivity index is 1.54. The third-order valence-electron chi connectivity index (χ3n) is 4.25. The van der Waals surface area contributed by atoms with Crippen molar-refractivity contribution < 1.29 is 13.2 Å². The van der Waals surface area contributed by atoms with Crippen LogP contribution in [0.3, 0.4) is 0 Å². The first-order chi connectivity index (χ1) is 14.3. The molecule has 8 nitrogen and oxygen atoms in total. The molecule has 0 radical (unpaired) electrons. The summed E-state index contributed by atoms with van der Waals surface area (Å²) in [7, 11) is -1.86. The summed E-state index contributed by atoms with van der Waals surface area (Å²) in [6, 6.07) is 15.3. The lowest BCUT2D eigenvalue weighted by atomic mass is 10.2. The van der Waals surface area contributed by atoms with Crippen molar-refractivity contribution in [2.24, 2.45) is 7.05 Å². The molecule has 0 aliphatic rings. The normalized spacial score (nSPS) is 11.5. The number of benzene rings is 2. The Morgan fingerprint density at radius 3 is 2.50 bits per heavy atom. The summed E-state index contributed by atoms with van der Waals surface area (Å²) in [5.74, 6) is 0.485. The molecule has 1 heterocycles. The summed E-state index contributed by atoms with van der Waals surface area (Å²) in [5, 5.41) is 10.7. The smallest absolute Gasteiger partial charge is 0.255 e. The SMILES string of the molecule is Cn1c(CCNC(=O)c2ccc(NS(=O)(=O)/C=C/c3ccccc3)cc2)n[nH]c1=S. The van der Waals surface area contributed by atoms with E-state index in [0.717, 1.165) is 16.8 Å². The number of carbonyl (C=O) groups excluding carboxylic acids is 1. The van der Waals surface area contributed by atoms with Crippen molar-refractivity contribution in [3.05, 3.63) is 81.7 Å². The number of amides is 1. The number of anilines is 1. The van der Waals surface area contributed by atoms with Gasteiger partial charge in [0, 0.05) is 31.3 Å². The van der Waals surface area contributed by atoms with Crippen molar-refractivity contribution >= 4 is 39.9 Å². The van der Waals surface area contributed by atoms with E-state index in [1.165, 1.54) is 6.08 Å². The third kappa shape index (κ3) is 5.88. The number of hydrogen-bond donors (Lipinski definition) is 3. The van der Waals surface area contributed by atoms with Gasteiger partial charge in [-0.15, -0.1) is 0 Å². The van der Waals surface area contributed by atoms with Gasteiger partial charge in [-0.3, -0.25) is 14.6 Å². The van der Waals surface area contributed by atoms with Gasteiger partial charge >= 0.3 is 0 Å². The minimum absolute atomic E-state index is 0.259. The Labute approximate surface area is 179 Å². The summed E-state index contributed by atoms with van der Waals surface area (Å²) in [6.07, 6.45) is 2.04. The first-order valence-electron chi connectivity index (χ1n) is 9.08. The second kappa shape index (κ2) is 9.51. The molecule has 10 heteroatoms. The molecule has 0 bridgehead atoms. The molecule has 0 fully saturated rings. The Morgan fingerprint density at radius 2 is 1.87 bits per heavy atom. The molecule has 0 unspecified atom stereocenters. The molecular formula is C20H21N5O3S2. The number of nitrogens with one attached hydrogen (secondary N) is 3. The molecule has 1 aromatic heterocycles. The summed E-state index contributed by atoms with van der Waals surface area (Å²) in [4.78, 5) is 12.3. The van der Waals surface area contributed by atoms with Crippen LogP contribution < -0.4 is 10.0 Å². The van der Waals surface area contributed by atoms with E-state index in [4.69, 9.17) is 12.2 Å². The van der Waals surface area contributed by atoms with E-state index in [-0.39, 0.29) is 5.91 Å². The molecule has 1 amide bonds. The van der Waals surface area contributed by atoms with Crippen LogP contribution >= 0.6 is 12.2 Å². The molecule has 156 valence electrons. The van der Waals surface area contributed by atoms with Crippen LogP contribution in [0, 0.1) is 4.77 Å². The van der Waals surface area contributed by atoms with Gasteiger partial charge in [0.2, 0.25) is 0 Å². The Hall–Kier alpha value is -3.24. The van der Waals surface area contributed by atoms with E-state index in [1.807, 2.05) is 30.3 Å². The number of nitrogens with zero attached hydrogens (tertiary/aromatic N) is 2. The molecule has 0 aliphatic carbocycles. The summed E-state index contributed by atoms with van der Waals surface area (Å²) in [5.41, 5.74) is 1.57. The zero-order valence-corrected chi connectivity index (χ0v) is 17.8. The fraction of sp³-hybridized carbons (Fsp3) is 0.150. The van der Waals surface area contributed by atoms with E-state index < -0.39 is 10.0 Å². The lowest BCUT2D eigenvalue weighted by molar-refractivity contribution is 0.0954. The Kier molecular flexibility index (Phi) is 6.80. The van der Waals surface area contributed by atoms with Gasteiger partial charge in [0.1, 0.15) is 5.82 Å². The van der Waals surface area contributed by atoms with Crippen molar-refractivity contribution in [2.45, 2.75) is 6.42 Å². The van der Waals surface area contributed by atoms with E-state index in [2.05, 4.69) is 20.2 Å². The summed E-state index contributed by atoms with van der Waals surface area (Å²) in [6.45, 7) is 0.394. The highest BCUT2D eigenvalue weighted by molar-refractivity contribution is 7.95. The van der Waals surface area contributed by atoms with E-state index in [0.29, 0.717) is 29.0 Å². The monoisotopic (exact) mass is 443 g/mol. The molecule has 3 N–H and O–H groups in total. The number of aromatic amines is 1. The van der Waals surface area contributed by atoms with Crippen LogP contribution in [0.15, 0.2) is 60.0 Å². The number of aromatic nitrogens is 3. The second-order valence-electron chi connectivity index (χ2n) is 6.45. The van der Waals surface area contributed by atoms with Crippen LogP contribution in [0.25, 0.3) is 6.08 Å². The van der Waals surface area contributed by atoms with Crippen molar-refractivity contribution in [3.8, 4) is 0 Å². The fourth-order valence-electron chi connectivity index (χ4n) is 2.61. The van der Waals surface area contributed by atoms with Gasteiger partial charge in [-0.25, -0.2) is 8.42 Å². The van der Waals surface area contributed by atoms with Crippen LogP contribution in [0.1, 0.15) is 21.7 Å². The molecule has 3 rings (SSSR count). The van der Waals surface area contributed by atoms with Crippen LogP contribution in [0.4, 0.5) is 5.69 Å². The largest absolute Gasteiger partial charge is 0.352 e. The lowest BCUT2D eigenvalue weighted by Crippen LogP contribution is -2.26. The molecule has 0 saturated carbocycles. The van der Waals surface area contributed by atoms with Crippen LogP contribution in [0.2, 0.25) is 0 Å². The van der Waals surface area contributed by atoms with Gasteiger partial charge in [0.05, 0.1) is 5.41 Å². The Bertz CT molecular complexity index is 1200. The van der Waals surface area contributed by atoms with E-state index in [9.17, 15) is 13.2 Å². The van der Waals surface area contributed by atoms with Gasteiger partial charge < -0.3 is 9.88 Å². The van der Waals surface area contributed by atoms with Gasteiger partial charge in [-0.05, 0) is 48.1 Å². The minimum atomic E-state index is -3.66. The highest BCUT2D eigenvalue weighted by atomic mass is 32.2. The maximum atomic E-state index is 12.3. The van der Waals surface area contributed by atoms with E-state index in [1.54, 1.807) is 35.9 Å². The predicted octanol–water partition coefficient (Wildman–Crippen LogP) is 2.86. The van der Waals surface area contributed by atoms with Crippen LogP contribution in [0.5, 0.6) is 0 Å². The first-order valence-corrected chi connectivity index (χ1v) is 11.0. The molecule has 30 heavy (non-hydrogen) atoms. The van der Waals surface area contributed by atoms with Crippen LogP contribution in [-0.2, 0) is 23.5 Å². The number of carbonyl (C=O) groups is 1. The van der Waals surface area contributed by atoms with Crippen molar-refractivity contribution in [3.63, 3.8) is 0 Å². The quantitative estimate of drug-likeness (QED) is 0.464. The molecular weight excluding hydrogens is 422 g/mol. The standard InChI is InChI=1S/C20H21N5O3S2/c1-25-18(22-23-20(25)29)11-13-21-19(26)16-7-9-17(10-8-16)24-30(27,28)14-12-15-5-3-2-4-6-15/h2-10,12,14,24H,11,13H2,1H3,(H,21,26)(H,23,29)/b14-12+. The van der Waals surface area contributed by atoms with Crippen molar-refractivity contribution in [1.82, 2.24) is 20.1 Å². The number of sulfonamides is 1. The molecule has 0 saturated heterocycles. The summed E-state index contributed by atoms with van der Waals surface area (Å²) >= 11 is 5.05. The molecule has 3 aromatic rings. The number of H-pyrrole nitrogens is 1. The topological polar surface area (TPSA) is 109 Å². The predicted molar refractivity (Wildman–Crippen MR) is 119 cm³/mol. The second-order valence-corrected chi connectivity index (χ2v) is 8.40. The molecule has 0 atom stereocenters. The van der Waals surface area contributed by atoms with E-state index >= 15 is 0 Å². The van der Waals surface area contributed by atoms with Crippen molar-refractivity contribution in [1.29, 1.82) is 0 Å². The number of rotatable bonds is 8. The van der Waals surface area contributed by atoms with Gasteiger partial charge in [-0.1, -0.05) is 30.3 Å². The fourth-order valence-corrected chi connectivity index (χ4v) is 3.63. The average Bonchev–Trinajstić information content (AvgIpc) is 3.05. The summed E-state index contributed by atoms with van der Waals surface area (Å²) < 4.78 is 29.1. The van der Waals surface area contributed by atoms with Gasteiger partial charge in [-0.2, -0.15) is 5.10 Å². The minimum Gasteiger partial charge on any atom is -0.352 e. The highest BCUT2D eigenvalue weighted by Gasteiger charge is 2.09. The maximum Gasteiger partial charge on any atom is 0.255 e. The third-order valence-corrected chi connectivity index (χ3v) is 5.63. The van der Waals surface area contributed by atoms with Gasteiger partial charge in [0.25, 0.3) is 15.9 Å². The number of hydrogen-bond acceptors (Lipinski definition) is 5. The highest BCUT2D eigenvalue weighted by Crippen LogP contribution is 2.13. The zero-order valence-electron chi connectivity index (χ0n) is 16.2. The molecule has 2 aromatic carbocycles.